The maximum atomic E-state index is 11.0. The fourth-order valence-electron chi connectivity index (χ4n) is 1.99. The Morgan fingerprint density at radius 1 is 1.38 bits per heavy atom. The van der Waals surface area contributed by atoms with Crippen molar-refractivity contribution in [2.45, 2.75) is 24.8 Å². The largest absolute Gasteiger partial charge is 0.359 e. The predicted octanol–water partition coefficient (Wildman–Crippen LogP) is 1.27. The summed E-state index contributed by atoms with van der Waals surface area (Å²) in [7, 11) is 1.67. The van der Waals surface area contributed by atoms with Gasteiger partial charge in [-0.05, 0) is 12.0 Å². The molecule has 1 aliphatic carbocycles. The third-order valence-corrected chi connectivity index (χ3v) is 3.06. The Morgan fingerprint density at radius 3 is 2.81 bits per heavy atom. The van der Waals surface area contributed by atoms with Gasteiger partial charge < -0.3 is 10.6 Å². The van der Waals surface area contributed by atoms with Gasteiger partial charge in [0.05, 0.1) is 0 Å². The first-order chi connectivity index (χ1) is 7.81. The molecule has 0 saturated heterocycles. The van der Waals surface area contributed by atoms with Gasteiger partial charge in [-0.2, -0.15) is 0 Å². The number of carbonyl (C=O) groups excluding carboxylic acids is 1. The average molecular weight is 218 g/mol. The van der Waals surface area contributed by atoms with Crippen LogP contribution in [0.1, 0.15) is 24.3 Å². The van der Waals surface area contributed by atoms with E-state index in [-0.39, 0.29) is 5.91 Å². The van der Waals surface area contributed by atoms with Crippen LogP contribution in [0.3, 0.4) is 0 Å². The highest BCUT2D eigenvalue weighted by Crippen LogP contribution is 2.40. The maximum Gasteiger partial charge on any atom is 0.221 e. The molecular formula is C13H18N2O. The van der Waals surface area contributed by atoms with Gasteiger partial charge in [0.15, 0.2) is 0 Å². The number of hydrogen-bond donors (Lipinski definition) is 2. The van der Waals surface area contributed by atoms with Crippen LogP contribution in [0, 0.1) is 0 Å². The van der Waals surface area contributed by atoms with Crippen molar-refractivity contribution in [2.24, 2.45) is 0 Å². The van der Waals surface area contributed by atoms with Crippen LogP contribution in [0.5, 0.6) is 0 Å². The minimum absolute atomic E-state index is 0.101. The highest BCUT2D eigenvalue weighted by atomic mass is 16.1. The summed E-state index contributed by atoms with van der Waals surface area (Å²) in [6.07, 6.45) is 1.76. The molecule has 0 bridgehead atoms. The van der Waals surface area contributed by atoms with Gasteiger partial charge in [0.25, 0.3) is 0 Å². The standard InChI is InChI=1S/C13H18N2O/c1-14-13(16)7-8-15-12-9-11(12)10-5-3-2-4-6-10/h2-6,11-12,15H,7-9H2,1H3,(H,14,16)/t11-,12+/m0/s1. The van der Waals surface area contributed by atoms with E-state index in [0.29, 0.717) is 18.4 Å². The quantitative estimate of drug-likeness (QED) is 0.781. The van der Waals surface area contributed by atoms with Crippen LogP contribution in [-0.2, 0) is 4.79 Å². The van der Waals surface area contributed by atoms with E-state index >= 15 is 0 Å². The summed E-state index contributed by atoms with van der Waals surface area (Å²) in [4.78, 5) is 11.0. The van der Waals surface area contributed by atoms with Crippen LogP contribution in [0.4, 0.5) is 0 Å². The van der Waals surface area contributed by atoms with E-state index in [2.05, 4.69) is 34.9 Å². The highest BCUT2D eigenvalue weighted by molar-refractivity contribution is 5.75. The van der Waals surface area contributed by atoms with E-state index in [1.807, 2.05) is 6.07 Å². The minimum atomic E-state index is 0.101. The Balaban J connectivity index is 1.70. The van der Waals surface area contributed by atoms with Crippen LogP contribution < -0.4 is 10.6 Å². The van der Waals surface area contributed by atoms with Crippen molar-refractivity contribution in [3.05, 3.63) is 35.9 Å². The lowest BCUT2D eigenvalue weighted by Gasteiger charge is -2.03. The van der Waals surface area contributed by atoms with Crippen molar-refractivity contribution in [3.63, 3.8) is 0 Å². The van der Waals surface area contributed by atoms with Gasteiger partial charge >= 0.3 is 0 Å². The SMILES string of the molecule is CNC(=O)CCN[C@@H]1C[C@H]1c1ccccc1. The first-order valence-corrected chi connectivity index (χ1v) is 5.80. The van der Waals surface area contributed by atoms with Crippen LogP contribution >= 0.6 is 0 Å². The zero-order chi connectivity index (χ0) is 11.4. The molecule has 16 heavy (non-hydrogen) atoms. The topological polar surface area (TPSA) is 41.1 Å². The third kappa shape index (κ3) is 2.83. The Morgan fingerprint density at radius 2 is 2.12 bits per heavy atom. The van der Waals surface area contributed by atoms with Crippen molar-refractivity contribution in [1.82, 2.24) is 10.6 Å². The molecule has 0 radical (unpaired) electrons. The van der Waals surface area contributed by atoms with Crippen LogP contribution in [-0.4, -0.2) is 25.5 Å². The minimum Gasteiger partial charge on any atom is -0.359 e. The first-order valence-electron chi connectivity index (χ1n) is 5.80. The van der Waals surface area contributed by atoms with Crippen LogP contribution in [0.15, 0.2) is 30.3 Å². The van der Waals surface area contributed by atoms with Crippen molar-refractivity contribution >= 4 is 5.91 Å². The second kappa shape index (κ2) is 5.12. The maximum absolute atomic E-state index is 11.0. The van der Waals surface area contributed by atoms with E-state index < -0.39 is 0 Å². The summed E-state index contributed by atoms with van der Waals surface area (Å²) in [6, 6.07) is 11.1. The van der Waals surface area contributed by atoms with Crippen molar-refractivity contribution in [3.8, 4) is 0 Å². The monoisotopic (exact) mass is 218 g/mol. The molecule has 1 aromatic rings. The van der Waals surface area contributed by atoms with E-state index in [1.165, 1.54) is 12.0 Å². The molecule has 3 nitrogen and oxygen atoms in total. The lowest BCUT2D eigenvalue weighted by atomic mass is 10.1. The smallest absolute Gasteiger partial charge is 0.221 e. The second-order valence-electron chi connectivity index (χ2n) is 4.24. The summed E-state index contributed by atoms with van der Waals surface area (Å²) < 4.78 is 0. The van der Waals surface area contributed by atoms with Gasteiger partial charge in [0.1, 0.15) is 0 Å². The molecule has 2 N–H and O–H groups in total. The molecule has 0 aromatic heterocycles. The van der Waals surface area contributed by atoms with E-state index in [0.717, 1.165) is 6.54 Å². The summed E-state index contributed by atoms with van der Waals surface area (Å²) in [5.74, 6) is 0.746. The molecule has 1 aliphatic rings. The van der Waals surface area contributed by atoms with Gasteiger partial charge in [0.2, 0.25) is 5.91 Å². The molecule has 2 rings (SSSR count). The Bertz CT molecular complexity index is 350. The van der Waals surface area contributed by atoms with Crippen molar-refractivity contribution < 1.29 is 4.79 Å². The zero-order valence-corrected chi connectivity index (χ0v) is 9.57. The number of benzene rings is 1. The van der Waals surface area contributed by atoms with Crippen molar-refractivity contribution in [2.75, 3.05) is 13.6 Å². The Kier molecular flexibility index (Phi) is 3.57. The number of amides is 1. The Labute approximate surface area is 96.2 Å². The number of rotatable bonds is 5. The first kappa shape index (κ1) is 11.1. The second-order valence-corrected chi connectivity index (χ2v) is 4.24. The molecule has 2 atom stereocenters. The van der Waals surface area contributed by atoms with Gasteiger partial charge in [-0.3, -0.25) is 4.79 Å². The normalized spacial score (nSPS) is 22.8. The predicted molar refractivity (Wildman–Crippen MR) is 64.3 cm³/mol. The molecule has 1 amide bonds. The number of nitrogens with one attached hydrogen (secondary N) is 2. The summed E-state index contributed by atoms with van der Waals surface area (Å²) >= 11 is 0. The molecular weight excluding hydrogens is 200 g/mol. The fourth-order valence-corrected chi connectivity index (χ4v) is 1.99. The van der Waals surface area contributed by atoms with Crippen LogP contribution in [0.2, 0.25) is 0 Å². The number of hydrogen-bond acceptors (Lipinski definition) is 2. The molecule has 0 aliphatic heterocycles. The van der Waals surface area contributed by atoms with E-state index in [1.54, 1.807) is 7.05 Å². The molecule has 0 spiro atoms. The lowest BCUT2D eigenvalue weighted by Crippen LogP contribution is -2.26. The van der Waals surface area contributed by atoms with Crippen LogP contribution in [0.25, 0.3) is 0 Å². The molecule has 86 valence electrons. The van der Waals surface area contributed by atoms with Gasteiger partial charge in [-0.1, -0.05) is 30.3 Å². The summed E-state index contributed by atoms with van der Waals surface area (Å²) in [5, 5.41) is 6.03. The summed E-state index contributed by atoms with van der Waals surface area (Å²) in [6.45, 7) is 0.772. The highest BCUT2D eigenvalue weighted by Gasteiger charge is 2.37. The molecule has 1 saturated carbocycles. The average Bonchev–Trinajstić information content (AvgIpc) is 3.09. The molecule has 1 aromatic carbocycles. The molecule has 3 heteroatoms. The van der Waals surface area contributed by atoms with E-state index in [4.69, 9.17) is 0 Å². The van der Waals surface area contributed by atoms with Gasteiger partial charge in [-0.25, -0.2) is 0 Å². The number of carbonyl (C=O) groups is 1. The molecule has 1 fully saturated rings. The fraction of sp³-hybridized carbons (Fsp3) is 0.462. The van der Waals surface area contributed by atoms with Gasteiger partial charge in [-0.15, -0.1) is 0 Å². The Hall–Kier alpha value is -1.35. The van der Waals surface area contributed by atoms with E-state index in [9.17, 15) is 4.79 Å². The lowest BCUT2D eigenvalue weighted by molar-refractivity contribution is -0.120. The third-order valence-electron chi connectivity index (χ3n) is 3.06. The zero-order valence-electron chi connectivity index (χ0n) is 9.57. The van der Waals surface area contributed by atoms with Crippen molar-refractivity contribution in [1.29, 1.82) is 0 Å². The molecule has 0 unspecified atom stereocenters. The van der Waals surface area contributed by atoms with Gasteiger partial charge in [0, 0.05) is 32.0 Å². The molecule has 0 heterocycles. The summed E-state index contributed by atoms with van der Waals surface area (Å²) in [5.41, 5.74) is 1.40.